The van der Waals surface area contributed by atoms with Crippen molar-refractivity contribution in [3.05, 3.63) is 29.8 Å². The molecule has 1 unspecified atom stereocenters. The summed E-state index contributed by atoms with van der Waals surface area (Å²) in [5.74, 6) is 0. The van der Waals surface area contributed by atoms with Crippen molar-refractivity contribution in [3.63, 3.8) is 0 Å². The van der Waals surface area contributed by atoms with E-state index in [1.54, 1.807) is 24.3 Å². The Labute approximate surface area is 107 Å². The van der Waals surface area contributed by atoms with E-state index >= 15 is 0 Å². The number of hydrogen-bond donors (Lipinski definition) is 4. The minimum Gasteiger partial charge on any atom is -0.395 e. The predicted molar refractivity (Wildman–Crippen MR) is 69.8 cm³/mol. The van der Waals surface area contributed by atoms with Crippen LogP contribution in [0.5, 0.6) is 0 Å². The average molecular weight is 274 g/mol. The van der Waals surface area contributed by atoms with E-state index in [-0.39, 0.29) is 6.61 Å². The Morgan fingerprint density at radius 2 is 2.11 bits per heavy atom. The molecular weight excluding hydrogens is 256 g/mol. The van der Waals surface area contributed by atoms with Gasteiger partial charge in [0.2, 0.25) is 10.0 Å². The molecule has 102 valence electrons. The quantitative estimate of drug-likeness (QED) is 0.511. The fourth-order valence-corrected chi connectivity index (χ4v) is 2.01. The van der Waals surface area contributed by atoms with Gasteiger partial charge in [-0.1, -0.05) is 12.1 Å². The lowest BCUT2D eigenvalue weighted by Crippen LogP contribution is -2.24. The first-order chi connectivity index (χ1) is 8.42. The average Bonchev–Trinajstić information content (AvgIpc) is 2.27. The Balaban J connectivity index is 2.69. The Hall–Kier alpha value is -1.15. The number of aliphatic hydroxyl groups is 2. The second kappa shape index (κ2) is 6.69. The Morgan fingerprint density at radius 3 is 2.72 bits per heavy atom. The third kappa shape index (κ3) is 5.46. The van der Waals surface area contributed by atoms with Gasteiger partial charge in [-0.25, -0.2) is 8.42 Å². The number of sulfonamides is 1. The van der Waals surface area contributed by atoms with E-state index in [2.05, 4.69) is 10.0 Å². The predicted octanol–water partition coefficient (Wildman–Crippen LogP) is -0.327. The molecule has 0 aliphatic rings. The molecule has 4 N–H and O–H groups in total. The normalized spacial score (nSPS) is 13.3. The summed E-state index contributed by atoms with van der Waals surface area (Å²) < 4.78 is 24.5. The van der Waals surface area contributed by atoms with Crippen LogP contribution in [0.1, 0.15) is 11.7 Å². The molecule has 0 radical (unpaired) electrons. The van der Waals surface area contributed by atoms with E-state index in [9.17, 15) is 13.5 Å². The SMILES string of the molecule is CS(=O)(=O)Nc1cccc(C(O)CNCCO)c1. The van der Waals surface area contributed by atoms with Gasteiger partial charge >= 0.3 is 0 Å². The van der Waals surface area contributed by atoms with E-state index in [0.717, 1.165) is 6.26 Å². The highest BCUT2D eigenvalue weighted by molar-refractivity contribution is 7.92. The van der Waals surface area contributed by atoms with Gasteiger partial charge in [0.25, 0.3) is 0 Å². The largest absolute Gasteiger partial charge is 0.395 e. The van der Waals surface area contributed by atoms with Crippen LogP contribution in [0.2, 0.25) is 0 Å². The third-order valence-electron chi connectivity index (χ3n) is 2.20. The summed E-state index contributed by atoms with van der Waals surface area (Å²) in [5.41, 5.74) is 1.02. The summed E-state index contributed by atoms with van der Waals surface area (Å²) in [6, 6.07) is 6.56. The first kappa shape index (κ1) is 14.9. The van der Waals surface area contributed by atoms with Crippen molar-refractivity contribution in [2.24, 2.45) is 0 Å². The molecule has 6 nitrogen and oxygen atoms in total. The van der Waals surface area contributed by atoms with Crippen LogP contribution in [-0.2, 0) is 10.0 Å². The van der Waals surface area contributed by atoms with Crippen molar-refractivity contribution in [1.82, 2.24) is 5.32 Å². The van der Waals surface area contributed by atoms with Gasteiger partial charge in [-0.05, 0) is 17.7 Å². The van der Waals surface area contributed by atoms with Crippen LogP contribution < -0.4 is 10.0 Å². The zero-order valence-electron chi connectivity index (χ0n) is 10.1. The van der Waals surface area contributed by atoms with Gasteiger partial charge in [0, 0.05) is 18.8 Å². The lowest BCUT2D eigenvalue weighted by molar-refractivity contribution is 0.171. The van der Waals surface area contributed by atoms with Gasteiger partial charge in [-0.3, -0.25) is 4.72 Å². The topological polar surface area (TPSA) is 98.7 Å². The highest BCUT2D eigenvalue weighted by Gasteiger charge is 2.09. The molecule has 0 saturated carbocycles. The first-order valence-corrected chi connectivity index (χ1v) is 7.39. The maximum absolute atomic E-state index is 11.1. The Kier molecular flexibility index (Phi) is 5.54. The van der Waals surface area contributed by atoms with Crippen LogP contribution in [0, 0.1) is 0 Å². The molecule has 0 saturated heterocycles. The molecule has 0 fully saturated rings. The molecule has 0 aromatic heterocycles. The molecule has 1 rings (SSSR count). The van der Waals surface area contributed by atoms with E-state index in [4.69, 9.17) is 5.11 Å². The molecule has 0 aliphatic carbocycles. The monoisotopic (exact) mass is 274 g/mol. The van der Waals surface area contributed by atoms with Crippen LogP contribution in [0.25, 0.3) is 0 Å². The molecule has 0 heterocycles. The summed E-state index contributed by atoms with van der Waals surface area (Å²) >= 11 is 0. The van der Waals surface area contributed by atoms with Crippen LogP contribution in [-0.4, -0.2) is 44.6 Å². The van der Waals surface area contributed by atoms with E-state index in [1.807, 2.05) is 0 Å². The van der Waals surface area contributed by atoms with E-state index < -0.39 is 16.1 Å². The number of nitrogens with one attached hydrogen (secondary N) is 2. The number of anilines is 1. The lowest BCUT2D eigenvalue weighted by Gasteiger charge is -2.13. The third-order valence-corrected chi connectivity index (χ3v) is 2.81. The molecule has 1 aromatic carbocycles. The number of aliphatic hydroxyl groups excluding tert-OH is 2. The summed E-state index contributed by atoms with van der Waals surface area (Å²) in [4.78, 5) is 0. The molecule has 1 atom stereocenters. The highest BCUT2D eigenvalue weighted by atomic mass is 32.2. The number of rotatable bonds is 7. The first-order valence-electron chi connectivity index (χ1n) is 5.50. The van der Waals surface area contributed by atoms with Gasteiger partial charge in [0.05, 0.1) is 19.0 Å². The van der Waals surface area contributed by atoms with Crippen LogP contribution in [0.3, 0.4) is 0 Å². The molecule has 18 heavy (non-hydrogen) atoms. The molecule has 1 aromatic rings. The fourth-order valence-electron chi connectivity index (χ4n) is 1.46. The molecule has 0 spiro atoms. The van der Waals surface area contributed by atoms with Crippen LogP contribution in [0.15, 0.2) is 24.3 Å². The van der Waals surface area contributed by atoms with Crippen molar-refractivity contribution < 1.29 is 18.6 Å². The Bertz CT molecular complexity index is 476. The summed E-state index contributed by atoms with van der Waals surface area (Å²) in [7, 11) is -3.32. The lowest BCUT2D eigenvalue weighted by atomic mass is 10.1. The zero-order valence-corrected chi connectivity index (χ0v) is 10.9. The minimum atomic E-state index is -3.32. The van der Waals surface area contributed by atoms with Crippen molar-refractivity contribution in [3.8, 4) is 0 Å². The minimum absolute atomic E-state index is 0.00237. The maximum atomic E-state index is 11.1. The summed E-state index contributed by atoms with van der Waals surface area (Å²) in [5, 5.41) is 21.3. The van der Waals surface area contributed by atoms with Gasteiger partial charge in [-0.2, -0.15) is 0 Å². The van der Waals surface area contributed by atoms with Crippen molar-refractivity contribution in [1.29, 1.82) is 0 Å². The standard InChI is InChI=1S/C11H18N2O4S/c1-18(16,17)13-10-4-2-3-9(7-10)11(15)8-12-5-6-14/h2-4,7,11-15H,5-6,8H2,1H3. The second-order valence-electron chi connectivity index (χ2n) is 3.94. The fraction of sp³-hybridized carbons (Fsp3) is 0.455. The van der Waals surface area contributed by atoms with Crippen LogP contribution in [0.4, 0.5) is 5.69 Å². The van der Waals surface area contributed by atoms with E-state index in [1.165, 1.54) is 0 Å². The molecule has 0 amide bonds. The highest BCUT2D eigenvalue weighted by Crippen LogP contribution is 2.17. The molecule has 7 heteroatoms. The smallest absolute Gasteiger partial charge is 0.229 e. The van der Waals surface area contributed by atoms with Crippen molar-refractivity contribution >= 4 is 15.7 Å². The Morgan fingerprint density at radius 1 is 1.39 bits per heavy atom. The maximum Gasteiger partial charge on any atom is 0.229 e. The van der Waals surface area contributed by atoms with Gasteiger partial charge in [-0.15, -0.1) is 0 Å². The van der Waals surface area contributed by atoms with Gasteiger partial charge in [0.15, 0.2) is 0 Å². The second-order valence-corrected chi connectivity index (χ2v) is 5.69. The van der Waals surface area contributed by atoms with Gasteiger partial charge < -0.3 is 15.5 Å². The van der Waals surface area contributed by atoms with E-state index in [0.29, 0.717) is 24.3 Å². The molecule has 0 aliphatic heterocycles. The van der Waals surface area contributed by atoms with Gasteiger partial charge in [0.1, 0.15) is 0 Å². The van der Waals surface area contributed by atoms with Crippen LogP contribution >= 0.6 is 0 Å². The molecular formula is C11H18N2O4S. The summed E-state index contributed by atoms with van der Waals surface area (Å²) in [6.45, 7) is 0.698. The van der Waals surface area contributed by atoms with Crippen molar-refractivity contribution in [2.75, 3.05) is 30.7 Å². The number of hydrogen-bond acceptors (Lipinski definition) is 5. The number of benzene rings is 1. The molecule has 0 bridgehead atoms. The van der Waals surface area contributed by atoms with Crippen molar-refractivity contribution in [2.45, 2.75) is 6.10 Å². The zero-order chi connectivity index (χ0) is 13.6. The summed E-state index contributed by atoms with van der Waals surface area (Å²) in [6.07, 6.45) is 0.316.